The van der Waals surface area contributed by atoms with E-state index in [0.717, 1.165) is 17.7 Å². The lowest BCUT2D eigenvalue weighted by Crippen LogP contribution is -2.29. The van der Waals surface area contributed by atoms with Crippen LogP contribution in [-0.2, 0) is 17.4 Å². The topological polar surface area (TPSA) is 84.3 Å². The SMILES string of the molecule is O=C(CCc1ccc(F)cc1)NCCNc1ccc(C(F)(F)F)cc1[N+](=O)[O-]. The summed E-state index contributed by atoms with van der Waals surface area (Å²) < 4.78 is 50.8. The number of amides is 1. The predicted octanol–water partition coefficient (Wildman–Crippen LogP) is 3.91. The summed E-state index contributed by atoms with van der Waals surface area (Å²) in [4.78, 5) is 21.9. The van der Waals surface area contributed by atoms with Gasteiger partial charge in [-0.1, -0.05) is 12.1 Å². The maximum Gasteiger partial charge on any atom is 0.416 e. The monoisotopic (exact) mass is 399 g/mol. The first-order valence-electron chi connectivity index (χ1n) is 8.27. The molecule has 6 nitrogen and oxygen atoms in total. The lowest BCUT2D eigenvalue weighted by atomic mass is 10.1. The third-order valence-electron chi connectivity index (χ3n) is 3.84. The van der Waals surface area contributed by atoms with Crippen molar-refractivity contribution in [3.63, 3.8) is 0 Å². The van der Waals surface area contributed by atoms with Gasteiger partial charge in [0.15, 0.2) is 0 Å². The van der Waals surface area contributed by atoms with E-state index in [1.54, 1.807) is 12.1 Å². The molecule has 28 heavy (non-hydrogen) atoms. The minimum atomic E-state index is -4.68. The number of nitro benzene ring substituents is 1. The molecule has 2 aromatic carbocycles. The van der Waals surface area contributed by atoms with E-state index in [1.807, 2.05) is 0 Å². The van der Waals surface area contributed by atoms with Gasteiger partial charge in [-0.2, -0.15) is 13.2 Å². The van der Waals surface area contributed by atoms with Gasteiger partial charge in [0.25, 0.3) is 5.69 Å². The number of hydrogen-bond donors (Lipinski definition) is 2. The molecule has 0 atom stereocenters. The molecule has 0 aliphatic rings. The van der Waals surface area contributed by atoms with E-state index in [0.29, 0.717) is 12.5 Å². The summed E-state index contributed by atoms with van der Waals surface area (Å²) in [6, 6.07) is 7.95. The molecule has 0 saturated carbocycles. The van der Waals surface area contributed by atoms with Gasteiger partial charge in [0.05, 0.1) is 10.5 Å². The lowest BCUT2D eigenvalue weighted by molar-refractivity contribution is -0.384. The van der Waals surface area contributed by atoms with Crippen molar-refractivity contribution in [2.24, 2.45) is 0 Å². The van der Waals surface area contributed by atoms with Gasteiger partial charge in [-0.05, 0) is 36.2 Å². The van der Waals surface area contributed by atoms with Crippen LogP contribution in [0.15, 0.2) is 42.5 Å². The normalized spacial score (nSPS) is 11.1. The largest absolute Gasteiger partial charge is 0.416 e. The van der Waals surface area contributed by atoms with Crippen LogP contribution in [0.25, 0.3) is 0 Å². The molecule has 0 unspecified atom stereocenters. The molecule has 0 aliphatic heterocycles. The van der Waals surface area contributed by atoms with E-state index in [2.05, 4.69) is 10.6 Å². The highest BCUT2D eigenvalue weighted by atomic mass is 19.4. The number of carbonyl (C=O) groups excluding carboxylic acids is 1. The maximum atomic E-state index is 12.8. The Balaban J connectivity index is 1.81. The van der Waals surface area contributed by atoms with E-state index < -0.39 is 22.4 Å². The zero-order chi connectivity index (χ0) is 20.7. The van der Waals surface area contributed by atoms with Crippen molar-refractivity contribution in [1.82, 2.24) is 5.32 Å². The molecule has 2 rings (SSSR count). The summed E-state index contributed by atoms with van der Waals surface area (Å²) in [5, 5.41) is 16.2. The number of anilines is 1. The summed E-state index contributed by atoms with van der Waals surface area (Å²) in [7, 11) is 0. The van der Waals surface area contributed by atoms with Crippen LogP contribution in [0, 0.1) is 15.9 Å². The number of carbonyl (C=O) groups is 1. The summed E-state index contributed by atoms with van der Waals surface area (Å²) >= 11 is 0. The van der Waals surface area contributed by atoms with Gasteiger partial charge in [0, 0.05) is 25.6 Å². The second-order valence-corrected chi connectivity index (χ2v) is 5.89. The number of halogens is 4. The highest BCUT2D eigenvalue weighted by molar-refractivity contribution is 5.76. The number of rotatable bonds is 8. The fraction of sp³-hybridized carbons (Fsp3) is 0.278. The third kappa shape index (κ3) is 6.22. The quantitative estimate of drug-likeness (QED) is 0.305. The van der Waals surface area contributed by atoms with Crippen LogP contribution >= 0.6 is 0 Å². The average Bonchev–Trinajstić information content (AvgIpc) is 2.64. The first-order chi connectivity index (χ1) is 13.2. The molecule has 1 amide bonds. The molecule has 0 aliphatic carbocycles. The number of nitrogens with one attached hydrogen (secondary N) is 2. The van der Waals surface area contributed by atoms with Crippen LogP contribution in [0.1, 0.15) is 17.5 Å². The Hall–Kier alpha value is -3.17. The predicted molar refractivity (Wildman–Crippen MR) is 94.3 cm³/mol. The minimum Gasteiger partial charge on any atom is -0.378 e. The van der Waals surface area contributed by atoms with Crippen molar-refractivity contribution in [3.8, 4) is 0 Å². The van der Waals surface area contributed by atoms with E-state index in [1.165, 1.54) is 12.1 Å². The number of aryl methyl sites for hydroxylation is 1. The Labute approximate surface area is 157 Å². The number of benzene rings is 2. The van der Waals surface area contributed by atoms with Crippen LogP contribution in [0.4, 0.5) is 28.9 Å². The molecule has 0 heterocycles. The van der Waals surface area contributed by atoms with Gasteiger partial charge in [0.2, 0.25) is 5.91 Å². The maximum absolute atomic E-state index is 12.8. The number of hydrogen-bond acceptors (Lipinski definition) is 4. The minimum absolute atomic E-state index is 0.0708. The van der Waals surface area contributed by atoms with Gasteiger partial charge in [0.1, 0.15) is 11.5 Å². The van der Waals surface area contributed by atoms with Crippen molar-refractivity contribution in [3.05, 3.63) is 69.5 Å². The van der Waals surface area contributed by atoms with Crippen molar-refractivity contribution in [2.45, 2.75) is 19.0 Å². The smallest absolute Gasteiger partial charge is 0.378 e. The van der Waals surface area contributed by atoms with Crippen molar-refractivity contribution in [1.29, 1.82) is 0 Å². The fourth-order valence-electron chi connectivity index (χ4n) is 2.40. The van der Waals surface area contributed by atoms with E-state index in [-0.39, 0.29) is 36.9 Å². The Bertz CT molecular complexity index is 839. The highest BCUT2D eigenvalue weighted by Crippen LogP contribution is 2.34. The Kier molecular flexibility index (Phi) is 6.91. The first-order valence-corrected chi connectivity index (χ1v) is 8.27. The molecule has 0 aromatic heterocycles. The number of alkyl halides is 3. The van der Waals surface area contributed by atoms with E-state index in [9.17, 15) is 32.5 Å². The second-order valence-electron chi connectivity index (χ2n) is 5.89. The van der Waals surface area contributed by atoms with Crippen LogP contribution in [-0.4, -0.2) is 23.9 Å². The highest BCUT2D eigenvalue weighted by Gasteiger charge is 2.32. The standard InChI is InChI=1S/C18H17F4N3O3/c19-14-5-1-12(2-6-14)3-8-17(26)24-10-9-23-15-7-4-13(18(20,21)22)11-16(15)25(27)28/h1-2,4-7,11,23H,3,8-10H2,(H,24,26). The summed E-state index contributed by atoms with van der Waals surface area (Å²) in [5.41, 5.74) is -1.08. The molecular formula is C18H17F4N3O3. The Morgan fingerprint density at radius 2 is 1.75 bits per heavy atom. The van der Waals surface area contributed by atoms with Crippen molar-refractivity contribution >= 4 is 17.3 Å². The van der Waals surface area contributed by atoms with Gasteiger partial charge >= 0.3 is 6.18 Å². The summed E-state index contributed by atoms with van der Waals surface area (Å²) in [6.45, 7) is 0.217. The van der Waals surface area contributed by atoms with Crippen LogP contribution in [0.2, 0.25) is 0 Å². The Morgan fingerprint density at radius 1 is 1.07 bits per heavy atom. The Morgan fingerprint density at radius 3 is 2.36 bits per heavy atom. The molecule has 10 heteroatoms. The fourth-order valence-corrected chi connectivity index (χ4v) is 2.40. The number of nitro groups is 1. The lowest BCUT2D eigenvalue weighted by Gasteiger charge is -2.11. The third-order valence-corrected chi connectivity index (χ3v) is 3.84. The van der Waals surface area contributed by atoms with Crippen LogP contribution in [0.3, 0.4) is 0 Å². The molecule has 0 fully saturated rings. The van der Waals surface area contributed by atoms with Crippen molar-refractivity contribution in [2.75, 3.05) is 18.4 Å². The molecule has 0 saturated heterocycles. The molecule has 2 aromatic rings. The average molecular weight is 399 g/mol. The van der Waals surface area contributed by atoms with Gasteiger partial charge in [-0.15, -0.1) is 0 Å². The van der Waals surface area contributed by atoms with Crippen LogP contribution < -0.4 is 10.6 Å². The van der Waals surface area contributed by atoms with E-state index in [4.69, 9.17) is 0 Å². The molecule has 0 bridgehead atoms. The molecule has 0 spiro atoms. The zero-order valence-electron chi connectivity index (χ0n) is 14.6. The number of nitrogens with zero attached hydrogens (tertiary/aromatic N) is 1. The van der Waals surface area contributed by atoms with Crippen LogP contribution in [0.5, 0.6) is 0 Å². The van der Waals surface area contributed by atoms with E-state index >= 15 is 0 Å². The molecule has 2 N–H and O–H groups in total. The summed E-state index contributed by atoms with van der Waals surface area (Å²) in [5.74, 6) is -0.635. The molecular weight excluding hydrogens is 382 g/mol. The van der Waals surface area contributed by atoms with Gasteiger partial charge < -0.3 is 10.6 Å². The van der Waals surface area contributed by atoms with Crippen molar-refractivity contribution < 1.29 is 27.3 Å². The first kappa shape index (κ1) is 21.1. The molecule has 0 radical (unpaired) electrons. The zero-order valence-corrected chi connectivity index (χ0v) is 14.6. The van der Waals surface area contributed by atoms with Gasteiger partial charge in [-0.25, -0.2) is 4.39 Å². The van der Waals surface area contributed by atoms with Gasteiger partial charge in [-0.3, -0.25) is 14.9 Å². The summed E-state index contributed by atoms with van der Waals surface area (Å²) in [6.07, 6.45) is -4.09. The molecule has 150 valence electrons. The second kappa shape index (κ2) is 9.16.